The van der Waals surface area contributed by atoms with Crippen LogP contribution in [0.4, 0.5) is 0 Å². The SMILES string of the molecule is COc1cc(C(=O)N2C[C@H]3CCC[C@@H]2C3)ccc1OC1CCN(C(C)=O)CC1. The van der Waals surface area contributed by atoms with Gasteiger partial charge in [0.2, 0.25) is 5.91 Å². The van der Waals surface area contributed by atoms with Gasteiger partial charge in [0.05, 0.1) is 7.11 Å². The van der Waals surface area contributed by atoms with Gasteiger partial charge in [0.15, 0.2) is 11.5 Å². The van der Waals surface area contributed by atoms with Crippen LogP contribution >= 0.6 is 0 Å². The molecule has 2 heterocycles. The van der Waals surface area contributed by atoms with Crippen molar-refractivity contribution in [1.29, 1.82) is 0 Å². The largest absolute Gasteiger partial charge is 0.493 e. The highest BCUT2D eigenvalue weighted by Gasteiger charge is 2.38. The quantitative estimate of drug-likeness (QED) is 0.798. The first-order valence-electron chi connectivity index (χ1n) is 10.5. The van der Waals surface area contributed by atoms with Crippen molar-refractivity contribution in [3.05, 3.63) is 23.8 Å². The highest BCUT2D eigenvalue weighted by atomic mass is 16.5. The summed E-state index contributed by atoms with van der Waals surface area (Å²) >= 11 is 0. The summed E-state index contributed by atoms with van der Waals surface area (Å²) in [4.78, 5) is 28.4. The summed E-state index contributed by atoms with van der Waals surface area (Å²) in [6.07, 6.45) is 6.43. The molecule has 3 aliphatic rings. The van der Waals surface area contributed by atoms with Gasteiger partial charge in [-0.1, -0.05) is 6.42 Å². The van der Waals surface area contributed by atoms with E-state index in [1.807, 2.05) is 23.1 Å². The molecule has 1 aliphatic carbocycles. The smallest absolute Gasteiger partial charge is 0.254 e. The van der Waals surface area contributed by atoms with Crippen LogP contribution in [-0.2, 0) is 4.79 Å². The average Bonchev–Trinajstić information content (AvgIpc) is 3.01. The number of methoxy groups -OCH3 is 1. The van der Waals surface area contributed by atoms with E-state index in [1.54, 1.807) is 14.0 Å². The van der Waals surface area contributed by atoms with Gasteiger partial charge in [0, 0.05) is 51.0 Å². The Hall–Kier alpha value is -2.24. The fourth-order valence-electron chi connectivity index (χ4n) is 4.92. The number of hydrogen-bond acceptors (Lipinski definition) is 4. The lowest BCUT2D eigenvalue weighted by atomic mass is 9.90. The van der Waals surface area contributed by atoms with Crippen LogP contribution in [0.25, 0.3) is 0 Å². The lowest BCUT2D eigenvalue weighted by Crippen LogP contribution is -2.40. The van der Waals surface area contributed by atoms with E-state index in [1.165, 1.54) is 12.8 Å². The predicted molar refractivity (Wildman–Crippen MR) is 106 cm³/mol. The molecular formula is C22H30N2O4. The van der Waals surface area contributed by atoms with Gasteiger partial charge >= 0.3 is 0 Å². The molecule has 6 nitrogen and oxygen atoms in total. The number of likely N-dealkylation sites (tertiary alicyclic amines) is 2. The molecule has 0 N–H and O–H groups in total. The molecule has 2 saturated heterocycles. The van der Waals surface area contributed by atoms with Gasteiger partial charge in [-0.25, -0.2) is 0 Å². The first-order chi connectivity index (χ1) is 13.5. The van der Waals surface area contributed by atoms with Crippen LogP contribution in [0.2, 0.25) is 0 Å². The van der Waals surface area contributed by atoms with Gasteiger partial charge in [0.1, 0.15) is 6.10 Å². The molecule has 1 saturated carbocycles. The van der Waals surface area contributed by atoms with Crippen LogP contribution < -0.4 is 9.47 Å². The van der Waals surface area contributed by atoms with Crippen molar-refractivity contribution in [2.75, 3.05) is 26.7 Å². The van der Waals surface area contributed by atoms with E-state index in [9.17, 15) is 9.59 Å². The van der Waals surface area contributed by atoms with Crippen molar-refractivity contribution in [2.45, 2.75) is 57.6 Å². The zero-order valence-electron chi connectivity index (χ0n) is 16.9. The second-order valence-electron chi connectivity index (χ2n) is 8.33. The maximum absolute atomic E-state index is 13.1. The van der Waals surface area contributed by atoms with Crippen molar-refractivity contribution < 1.29 is 19.1 Å². The summed E-state index contributed by atoms with van der Waals surface area (Å²) < 4.78 is 11.7. The monoisotopic (exact) mass is 386 g/mol. The van der Waals surface area contributed by atoms with Crippen molar-refractivity contribution in [2.24, 2.45) is 5.92 Å². The van der Waals surface area contributed by atoms with Gasteiger partial charge in [-0.05, 0) is 43.4 Å². The number of benzene rings is 1. The normalized spacial score (nSPS) is 24.9. The lowest BCUT2D eigenvalue weighted by molar-refractivity contribution is -0.130. The standard InChI is InChI=1S/C22H30N2O4/c1-15(25)23-10-8-19(9-11-23)28-20-7-6-17(13-21(20)27-2)22(26)24-14-16-4-3-5-18(24)12-16/h6-7,13,16,18-19H,3-5,8-12,14H2,1-2H3/t16-,18+/m0/s1. The lowest BCUT2D eigenvalue weighted by Gasteiger charge is -2.31. The molecule has 0 unspecified atom stereocenters. The molecule has 2 bridgehead atoms. The van der Waals surface area contributed by atoms with Gasteiger partial charge in [0.25, 0.3) is 5.91 Å². The summed E-state index contributed by atoms with van der Waals surface area (Å²) in [5.74, 6) is 2.16. The number of carbonyl (C=O) groups excluding carboxylic acids is 2. The molecule has 2 amide bonds. The van der Waals surface area contributed by atoms with E-state index in [0.717, 1.165) is 45.3 Å². The average molecular weight is 386 g/mol. The van der Waals surface area contributed by atoms with Crippen LogP contribution in [0.3, 0.4) is 0 Å². The zero-order chi connectivity index (χ0) is 19.7. The van der Waals surface area contributed by atoms with Gasteiger partial charge < -0.3 is 19.3 Å². The van der Waals surface area contributed by atoms with E-state index in [2.05, 4.69) is 4.90 Å². The Bertz CT molecular complexity index is 742. The highest BCUT2D eigenvalue weighted by Crippen LogP contribution is 2.37. The molecule has 152 valence electrons. The molecule has 2 atom stereocenters. The molecule has 4 rings (SSSR count). The van der Waals surface area contributed by atoms with E-state index in [4.69, 9.17) is 9.47 Å². The second kappa shape index (κ2) is 8.02. The number of amides is 2. The number of ether oxygens (including phenoxy) is 2. The minimum Gasteiger partial charge on any atom is -0.493 e. The maximum atomic E-state index is 13.1. The highest BCUT2D eigenvalue weighted by molar-refractivity contribution is 5.95. The third kappa shape index (κ3) is 3.82. The number of rotatable bonds is 4. The van der Waals surface area contributed by atoms with Crippen molar-refractivity contribution in [3.8, 4) is 11.5 Å². The molecule has 6 heteroatoms. The number of fused-ring (bicyclic) bond motifs is 2. The van der Waals surface area contributed by atoms with Crippen LogP contribution in [0.15, 0.2) is 18.2 Å². The third-order valence-electron chi connectivity index (χ3n) is 6.50. The summed E-state index contributed by atoms with van der Waals surface area (Å²) in [6.45, 7) is 3.93. The van der Waals surface area contributed by atoms with Gasteiger partial charge in [-0.2, -0.15) is 0 Å². The molecule has 0 aromatic heterocycles. The summed E-state index contributed by atoms with van der Waals surface area (Å²) in [6, 6.07) is 5.92. The number of carbonyl (C=O) groups is 2. The van der Waals surface area contributed by atoms with Crippen molar-refractivity contribution in [1.82, 2.24) is 9.80 Å². The van der Waals surface area contributed by atoms with Gasteiger partial charge in [-0.3, -0.25) is 9.59 Å². The van der Waals surface area contributed by atoms with E-state index < -0.39 is 0 Å². The van der Waals surface area contributed by atoms with E-state index in [-0.39, 0.29) is 17.9 Å². The topological polar surface area (TPSA) is 59.1 Å². The third-order valence-corrected chi connectivity index (χ3v) is 6.50. The van der Waals surface area contributed by atoms with E-state index in [0.29, 0.717) is 29.0 Å². The van der Waals surface area contributed by atoms with Gasteiger partial charge in [-0.15, -0.1) is 0 Å². The molecule has 1 aromatic rings. The Labute approximate surface area is 166 Å². The van der Waals surface area contributed by atoms with E-state index >= 15 is 0 Å². The van der Waals surface area contributed by atoms with Crippen LogP contribution in [0.1, 0.15) is 55.8 Å². The molecular weight excluding hydrogens is 356 g/mol. The fourth-order valence-corrected chi connectivity index (χ4v) is 4.92. The molecule has 0 radical (unpaired) electrons. The molecule has 0 spiro atoms. The Morgan fingerprint density at radius 3 is 2.54 bits per heavy atom. The van der Waals surface area contributed by atoms with Crippen LogP contribution in [0.5, 0.6) is 11.5 Å². The molecule has 2 aliphatic heterocycles. The Morgan fingerprint density at radius 1 is 1.07 bits per heavy atom. The predicted octanol–water partition coefficient (Wildman–Crippen LogP) is 3.10. The second-order valence-corrected chi connectivity index (χ2v) is 8.33. The minimum absolute atomic E-state index is 0.0591. The first-order valence-corrected chi connectivity index (χ1v) is 10.5. The Balaban J connectivity index is 1.43. The number of nitrogens with zero attached hydrogens (tertiary/aromatic N) is 2. The summed E-state index contributed by atoms with van der Waals surface area (Å²) in [5, 5.41) is 0. The Kier molecular flexibility index (Phi) is 5.47. The maximum Gasteiger partial charge on any atom is 0.254 e. The van der Waals surface area contributed by atoms with Crippen LogP contribution in [0, 0.1) is 5.92 Å². The minimum atomic E-state index is 0.0591. The molecule has 1 aromatic carbocycles. The Morgan fingerprint density at radius 2 is 1.86 bits per heavy atom. The fraction of sp³-hybridized carbons (Fsp3) is 0.636. The summed E-state index contributed by atoms with van der Waals surface area (Å²) in [5.41, 5.74) is 0.670. The summed E-state index contributed by atoms with van der Waals surface area (Å²) in [7, 11) is 1.61. The first kappa shape index (κ1) is 19.1. The van der Waals surface area contributed by atoms with Crippen molar-refractivity contribution in [3.63, 3.8) is 0 Å². The van der Waals surface area contributed by atoms with Crippen LogP contribution in [-0.4, -0.2) is 60.5 Å². The molecule has 28 heavy (non-hydrogen) atoms. The zero-order valence-corrected chi connectivity index (χ0v) is 16.9. The molecule has 3 fully saturated rings. The number of hydrogen-bond donors (Lipinski definition) is 0. The van der Waals surface area contributed by atoms with Crippen molar-refractivity contribution >= 4 is 11.8 Å². The number of piperidine rings is 1.